The number of hydrogen-bond acceptors (Lipinski definition) is 5. The Kier molecular flexibility index (Phi) is 7.13. The highest BCUT2D eigenvalue weighted by atomic mass is 32.2. The number of anilines is 1. The number of carbonyl (C=O) groups excluding carboxylic acids is 1. The van der Waals surface area contributed by atoms with Gasteiger partial charge in [-0.25, -0.2) is 8.42 Å². The fourth-order valence-corrected chi connectivity index (χ4v) is 4.21. The topological polar surface area (TPSA) is 84.9 Å². The Bertz CT molecular complexity index is 968. The molecule has 7 nitrogen and oxygen atoms in total. The standard InChI is InChI=1S/C21H28N2O5S/c1-14-8-7-9-15(2)21(14)23(29(6,25)26)13-20(24)22-16(3)18-12-17(27-4)10-11-19(18)28-5/h7-12,16H,13H2,1-6H3,(H,22,24). The number of amides is 1. The largest absolute Gasteiger partial charge is 0.497 e. The third kappa shape index (κ3) is 5.41. The Morgan fingerprint density at radius 3 is 2.24 bits per heavy atom. The van der Waals surface area contributed by atoms with Gasteiger partial charge in [-0.15, -0.1) is 0 Å². The number of nitrogens with one attached hydrogen (secondary N) is 1. The highest BCUT2D eigenvalue weighted by Gasteiger charge is 2.25. The van der Waals surface area contributed by atoms with Crippen molar-refractivity contribution in [1.82, 2.24) is 5.32 Å². The summed E-state index contributed by atoms with van der Waals surface area (Å²) in [5.41, 5.74) is 2.83. The van der Waals surface area contributed by atoms with E-state index in [1.54, 1.807) is 39.3 Å². The van der Waals surface area contributed by atoms with Gasteiger partial charge < -0.3 is 14.8 Å². The first kappa shape index (κ1) is 22.5. The molecule has 0 saturated heterocycles. The van der Waals surface area contributed by atoms with Gasteiger partial charge in [-0.2, -0.15) is 0 Å². The lowest BCUT2D eigenvalue weighted by Gasteiger charge is -2.26. The molecule has 0 aliphatic rings. The molecule has 0 aliphatic heterocycles. The van der Waals surface area contributed by atoms with Crippen LogP contribution in [0.5, 0.6) is 11.5 Å². The molecular weight excluding hydrogens is 392 g/mol. The minimum atomic E-state index is -3.65. The monoisotopic (exact) mass is 420 g/mol. The van der Waals surface area contributed by atoms with E-state index < -0.39 is 22.0 Å². The molecule has 1 atom stereocenters. The van der Waals surface area contributed by atoms with Crippen molar-refractivity contribution < 1.29 is 22.7 Å². The summed E-state index contributed by atoms with van der Waals surface area (Å²) >= 11 is 0. The number of aryl methyl sites for hydroxylation is 2. The Hall–Kier alpha value is -2.74. The maximum atomic E-state index is 12.7. The van der Waals surface area contributed by atoms with Crippen LogP contribution in [0.15, 0.2) is 36.4 Å². The van der Waals surface area contributed by atoms with E-state index in [4.69, 9.17) is 9.47 Å². The second-order valence-electron chi connectivity index (χ2n) is 6.91. The fourth-order valence-electron chi connectivity index (χ4n) is 3.23. The number of para-hydroxylation sites is 1. The maximum absolute atomic E-state index is 12.7. The normalized spacial score (nSPS) is 12.2. The van der Waals surface area contributed by atoms with Crippen LogP contribution in [-0.4, -0.2) is 41.3 Å². The smallest absolute Gasteiger partial charge is 0.241 e. The van der Waals surface area contributed by atoms with E-state index in [9.17, 15) is 13.2 Å². The molecule has 158 valence electrons. The zero-order valence-corrected chi connectivity index (χ0v) is 18.5. The van der Waals surface area contributed by atoms with Gasteiger partial charge in [0, 0.05) is 5.56 Å². The molecule has 1 amide bonds. The van der Waals surface area contributed by atoms with Gasteiger partial charge in [-0.1, -0.05) is 18.2 Å². The van der Waals surface area contributed by atoms with E-state index in [1.807, 2.05) is 32.0 Å². The number of ether oxygens (including phenoxy) is 2. The molecule has 0 aromatic heterocycles. The van der Waals surface area contributed by atoms with Crippen LogP contribution in [0.25, 0.3) is 0 Å². The van der Waals surface area contributed by atoms with Gasteiger partial charge >= 0.3 is 0 Å². The number of nitrogens with zero attached hydrogens (tertiary/aromatic N) is 1. The predicted molar refractivity (Wildman–Crippen MR) is 114 cm³/mol. The molecule has 1 unspecified atom stereocenters. The van der Waals surface area contributed by atoms with Crippen molar-refractivity contribution >= 4 is 21.6 Å². The lowest BCUT2D eigenvalue weighted by Crippen LogP contribution is -2.41. The Labute approximate surface area is 172 Å². The van der Waals surface area contributed by atoms with Crippen LogP contribution in [0.3, 0.4) is 0 Å². The summed E-state index contributed by atoms with van der Waals surface area (Å²) in [7, 11) is -0.547. The van der Waals surface area contributed by atoms with E-state index >= 15 is 0 Å². The van der Waals surface area contributed by atoms with Crippen LogP contribution in [0.1, 0.15) is 29.7 Å². The van der Waals surface area contributed by atoms with Crippen LogP contribution in [-0.2, 0) is 14.8 Å². The minimum Gasteiger partial charge on any atom is -0.497 e. The maximum Gasteiger partial charge on any atom is 0.241 e. The number of sulfonamides is 1. The molecule has 0 radical (unpaired) electrons. The van der Waals surface area contributed by atoms with Crippen LogP contribution >= 0.6 is 0 Å². The zero-order valence-electron chi connectivity index (χ0n) is 17.6. The van der Waals surface area contributed by atoms with Crippen molar-refractivity contribution in [2.45, 2.75) is 26.8 Å². The van der Waals surface area contributed by atoms with Crippen molar-refractivity contribution in [3.05, 3.63) is 53.1 Å². The minimum absolute atomic E-state index is 0.318. The van der Waals surface area contributed by atoms with Crippen molar-refractivity contribution in [2.24, 2.45) is 0 Å². The molecule has 0 fully saturated rings. The van der Waals surface area contributed by atoms with Crippen LogP contribution in [0.4, 0.5) is 5.69 Å². The fraction of sp³-hybridized carbons (Fsp3) is 0.381. The van der Waals surface area contributed by atoms with Crippen LogP contribution in [0.2, 0.25) is 0 Å². The molecule has 0 aliphatic carbocycles. The van der Waals surface area contributed by atoms with Gasteiger partial charge in [0.25, 0.3) is 0 Å². The number of methoxy groups -OCH3 is 2. The molecule has 2 aromatic rings. The molecule has 2 rings (SSSR count). The van der Waals surface area contributed by atoms with Crippen molar-refractivity contribution in [1.29, 1.82) is 0 Å². The van der Waals surface area contributed by atoms with Crippen molar-refractivity contribution in [3.8, 4) is 11.5 Å². The van der Waals surface area contributed by atoms with Crippen molar-refractivity contribution in [2.75, 3.05) is 31.3 Å². The van der Waals surface area contributed by atoms with E-state index in [2.05, 4.69) is 5.32 Å². The summed E-state index contributed by atoms with van der Waals surface area (Å²) in [4.78, 5) is 12.7. The van der Waals surface area contributed by atoms with E-state index in [0.717, 1.165) is 27.3 Å². The molecule has 1 N–H and O–H groups in total. The highest BCUT2D eigenvalue weighted by Crippen LogP contribution is 2.30. The summed E-state index contributed by atoms with van der Waals surface area (Å²) in [6.45, 7) is 5.13. The molecule has 29 heavy (non-hydrogen) atoms. The first-order chi connectivity index (χ1) is 13.6. The van der Waals surface area contributed by atoms with Crippen LogP contribution < -0.4 is 19.1 Å². The molecule has 0 saturated carbocycles. The van der Waals surface area contributed by atoms with Crippen LogP contribution in [0, 0.1) is 13.8 Å². The highest BCUT2D eigenvalue weighted by molar-refractivity contribution is 7.92. The van der Waals surface area contributed by atoms with E-state index in [-0.39, 0.29) is 6.54 Å². The number of hydrogen-bond donors (Lipinski definition) is 1. The average Bonchev–Trinajstić information content (AvgIpc) is 2.65. The number of carbonyl (C=O) groups is 1. The van der Waals surface area contributed by atoms with Crippen molar-refractivity contribution in [3.63, 3.8) is 0 Å². The third-order valence-electron chi connectivity index (χ3n) is 4.66. The number of benzene rings is 2. The summed E-state index contributed by atoms with van der Waals surface area (Å²) in [5, 5.41) is 2.85. The van der Waals surface area contributed by atoms with Gasteiger partial charge in [0.05, 0.1) is 32.2 Å². The Balaban J connectivity index is 2.28. The molecule has 0 spiro atoms. The lowest BCUT2D eigenvalue weighted by atomic mass is 10.1. The summed E-state index contributed by atoms with van der Waals surface area (Å²) < 4.78 is 36.6. The van der Waals surface area contributed by atoms with Gasteiger partial charge in [0.2, 0.25) is 15.9 Å². The second kappa shape index (κ2) is 9.17. The van der Waals surface area contributed by atoms with E-state index in [0.29, 0.717) is 17.2 Å². The van der Waals surface area contributed by atoms with Gasteiger partial charge in [-0.05, 0) is 50.1 Å². The Morgan fingerprint density at radius 2 is 1.72 bits per heavy atom. The first-order valence-corrected chi connectivity index (χ1v) is 11.0. The SMILES string of the molecule is COc1ccc(OC)c(C(C)NC(=O)CN(c2c(C)cccc2C)S(C)(=O)=O)c1. The van der Waals surface area contributed by atoms with Gasteiger partial charge in [0.1, 0.15) is 18.0 Å². The van der Waals surface area contributed by atoms with Gasteiger partial charge in [0.15, 0.2) is 0 Å². The number of rotatable bonds is 8. The summed E-state index contributed by atoms with van der Waals surface area (Å²) in [5.74, 6) is 0.818. The quantitative estimate of drug-likeness (QED) is 0.710. The Morgan fingerprint density at radius 1 is 1.10 bits per heavy atom. The molecule has 8 heteroatoms. The third-order valence-corrected chi connectivity index (χ3v) is 5.77. The molecule has 0 bridgehead atoms. The van der Waals surface area contributed by atoms with Gasteiger partial charge in [-0.3, -0.25) is 9.10 Å². The van der Waals surface area contributed by atoms with E-state index in [1.165, 1.54) is 0 Å². The predicted octanol–water partition coefficient (Wildman–Crippen LogP) is 2.96. The molecular formula is C21H28N2O5S. The summed E-state index contributed by atoms with van der Waals surface area (Å²) in [6, 6.07) is 10.4. The zero-order chi connectivity index (χ0) is 21.8. The lowest BCUT2D eigenvalue weighted by molar-refractivity contribution is -0.120. The molecule has 2 aromatic carbocycles. The first-order valence-electron chi connectivity index (χ1n) is 9.13. The second-order valence-corrected chi connectivity index (χ2v) is 8.81. The molecule has 0 heterocycles. The average molecular weight is 421 g/mol. The summed E-state index contributed by atoms with van der Waals surface area (Å²) in [6.07, 6.45) is 1.10.